The molecule has 1 aliphatic heterocycles. The molecular formula is C17H14N2O3S. The maximum Gasteiger partial charge on any atom is 0.290 e. The van der Waals surface area contributed by atoms with Gasteiger partial charge in [-0.1, -0.05) is 11.8 Å². The standard InChI is InChI=1S/C17H14N2O3S/c1-17(2,3)5-4-10-8-18-9-11-6-12(22-14(10)11)7-13-15(20)19-16(21)23-13/h6-9H,1-3H3,(H,19,20,21)/b13-7-. The monoisotopic (exact) mass is 326 g/mol. The van der Waals surface area contributed by atoms with Gasteiger partial charge in [-0.05, 0) is 38.6 Å². The summed E-state index contributed by atoms with van der Waals surface area (Å²) in [5.74, 6) is 6.31. The second-order valence-corrected chi connectivity index (χ2v) is 7.12. The number of imide groups is 1. The van der Waals surface area contributed by atoms with Crippen molar-refractivity contribution in [3.8, 4) is 11.8 Å². The quantitative estimate of drug-likeness (QED) is 0.641. The van der Waals surface area contributed by atoms with Gasteiger partial charge in [-0.15, -0.1) is 0 Å². The molecule has 0 spiro atoms. The number of aromatic nitrogens is 1. The maximum atomic E-state index is 11.6. The van der Waals surface area contributed by atoms with Crippen LogP contribution in [0.4, 0.5) is 4.79 Å². The summed E-state index contributed by atoms with van der Waals surface area (Å²) in [7, 11) is 0. The van der Waals surface area contributed by atoms with Crippen LogP contribution >= 0.6 is 11.8 Å². The van der Waals surface area contributed by atoms with Crippen molar-refractivity contribution in [1.82, 2.24) is 10.3 Å². The first-order valence-corrected chi connectivity index (χ1v) is 7.79. The van der Waals surface area contributed by atoms with Crippen molar-refractivity contribution in [1.29, 1.82) is 0 Å². The van der Waals surface area contributed by atoms with E-state index in [9.17, 15) is 9.59 Å². The highest BCUT2D eigenvalue weighted by Crippen LogP contribution is 2.29. The van der Waals surface area contributed by atoms with Gasteiger partial charge in [0, 0.05) is 29.3 Å². The van der Waals surface area contributed by atoms with Gasteiger partial charge in [-0.2, -0.15) is 0 Å². The zero-order valence-electron chi connectivity index (χ0n) is 12.9. The normalized spacial score (nSPS) is 16.6. The lowest BCUT2D eigenvalue weighted by molar-refractivity contribution is -0.115. The summed E-state index contributed by atoms with van der Waals surface area (Å²) in [4.78, 5) is 27.3. The Morgan fingerprint density at radius 2 is 2.09 bits per heavy atom. The second kappa shape index (κ2) is 5.60. The lowest BCUT2D eigenvalue weighted by Crippen LogP contribution is -2.17. The summed E-state index contributed by atoms with van der Waals surface area (Å²) in [6.45, 7) is 6.08. The van der Waals surface area contributed by atoms with Gasteiger partial charge in [0.25, 0.3) is 11.1 Å². The Hall–Kier alpha value is -2.52. The summed E-state index contributed by atoms with van der Waals surface area (Å²) >= 11 is 0.854. The van der Waals surface area contributed by atoms with Gasteiger partial charge in [0.1, 0.15) is 5.76 Å². The van der Waals surface area contributed by atoms with Crippen LogP contribution in [0.2, 0.25) is 0 Å². The van der Waals surface area contributed by atoms with E-state index < -0.39 is 5.91 Å². The highest BCUT2D eigenvalue weighted by Gasteiger charge is 2.25. The zero-order valence-corrected chi connectivity index (χ0v) is 13.7. The summed E-state index contributed by atoms with van der Waals surface area (Å²) in [5.41, 5.74) is 1.19. The van der Waals surface area contributed by atoms with Crippen LogP contribution < -0.4 is 5.32 Å². The molecule has 0 atom stereocenters. The van der Waals surface area contributed by atoms with Crippen LogP contribution in [-0.4, -0.2) is 16.1 Å². The van der Waals surface area contributed by atoms with Crippen molar-refractivity contribution in [3.05, 3.63) is 34.7 Å². The van der Waals surface area contributed by atoms with Crippen molar-refractivity contribution in [2.24, 2.45) is 5.41 Å². The predicted molar refractivity (Wildman–Crippen MR) is 89.4 cm³/mol. The van der Waals surface area contributed by atoms with Gasteiger partial charge >= 0.3 is 0 Å². The Balaban J connectivity index is 2.02. The molecule has 2 aromatic rings. The number of nitrogens with zero attached hydrogens (tertiary/aromatic N) is 1. The van der Waals surface area contributed by atoms with Gasteiger partial charge in [0.05, 0.1) is 10.5 Å². The zero-order chi connectivity index (χ0) is 16.6. The van der Waals surface area contributed by atoms with Crippen LogP contribution in [0.3, 0.4) is 0 Å². The summed E-state index contributed by atoms with van der Waals surface area (Å²) in [6.07, 6.45) is 4.88. The van der Waals surface area contributed by atoms with Crippen molar-refractivity contribution in [2.75, 3.05) is 0 Å². The Labute approximate surface area is 137 Å². The van der Waals surface area contributed by atoms with E-state index in [-0.39, 0.29) is 10.7 Å². The smallest absolute Gasteiger partial charge is 0.290 e. The highest BCUT2D eigenvalue weighted by molar-refractivity contribution is 8.18. The number of pyridine rings is 1. The van der Waals surface area contributed by atoms with Gasteiger partial charge in [-0.25, -0.2) is 0 Å². The highest BCUT2D eigenvalue weighted by atomic mass is 32.2. The molecule has 0 aromatic carbocycles. The maximum absolute atomic E-state index is 11.6. The number of nitrogens with one attached hydrogen (secondary N) is 1. The number of fused-ring (bicyclic) bond motifs is 1. The van der Waals surface area contributed by atoms with Gasteiger partial charge in [-0.3, -0.25) is 19.9 Å². The number of amides is 2. The van der Waals surface area contributed by atoms with E-state index in [2.05, 4.69) is 22.1 Å². The summed E-state index contributed by atoms with van der Waals surface area (Å²) in [5, 5.41) is 2.63. The number of carbonyl (C=O) groups is 2. The minimum atomic E-state index is -0.411. The summed E-state index contributed by atoms with van der Waals surface area (Å²) < 4.78 is 5.79. The molecule has 2 aromatic heterocycles. The molecule has 0 aliphatic carbocycles. The third-order valence-electron chi connectivity index (χ3n) is 2.93. The molecule has 3 rings (SSSR count). The third-order valence-corrected chi connectivity index (χ3v) is 3.74. The molecule has 3 heterocycles. The van der Waals surface area contributed by atoms with Crippen LogP contribution in [0.5, 0.6) is 0 Å². The topological polar surface area (TPSA) is 72.2 Å². The van der Waals surface area contributed by atoms with Gasteiger partial charge in [0.2, 0.25) is 0 Å². The fraction of sp³-hybridized carbons (Fsp3) is 0.235. The molecule has 1 fully saturated rings. The van der Waals surface area contributed by atoms with E-state index in [0.29, 0.717) is 21.8 Å². The van der Waals surface area contributed by atoms with Crippen LogP contribution in [0.25, 0.3) is 17.0 Å². The fourth-order valence-corrected chi connectivity index (χ4v) is 2.61. The molecule has 2 amide bonds. The number of rotatable bonds is 1. The van der Waals surface area contributed by atoms with Crippen LogP contribution in [0, 0.1) is 17.3 Å². The van der Waals surface area contributed by atoms with E-state index >= 15 is 0 Å². The van der Waals surface area contributed by atoms with Crippen LogP contribution in [0.15, 0.2) is 27.8 Å². The minimum absolute atomic E-state index is 0.126. The first kappa shape index (κ1) is 15.4. The lowest BCUT2D eigenvalue weighted by atomic mass is 9.97. The molecule has 6 heteroatoms. The number of hydrogen-bond acceptors (Lipinski definition) is 5. The average molecular weight is 326 g/mol. The molecule has 23 heavy (non-hydrogen) atoms. The molecule has 0 saturated carbocycles. The molecule has 0 unspecified atom stereocenters. The Kier molecular flexibility index (Phi) is 3.74. The van der Waals surface area contributed by atoms with Crippen molar-refractivity contribution in [3.63, 3.8) is 0 Å². The molecule has 0 radical (unpaired) electrons. The van der Waals surface area contributed by atoms with Crippen LogP contribution in [0.1, 0.15) is 32.1 Å². The van der Waals surface area contributed by atoms with Crippen molar-refractivity contribution >= 4 is 40.0 Å². The number of thioether (sulfide) groups is 1. The van der Waals surface area contributed by atoms with E-state index in [1.165, 1.54) is 0 Å². The summed E-state index contributed by atoms with van der Waals surface area (Å²) in [6, 6.07) is 1.77. The molecule has 0 bridgehead atoms. The molecule has 1 aliphatic rings. The molecule has 1 saturated heterocycles. The molecule has 116 valence electrons. The Morgan fingerprint density at radius 1 is 1.30 bits per heavy atom. The Morgan fingerprint density at radius 3 is 2.74 bits per heavy atom. The average Bonchev–Trinajstić information content (AvgIpc) is 2.99. The second-order valence-electron chi connectivity index (χ2n) is 6.11. The van der Waals surface area contributed by atoms with Crippen molar-refractivity contribution < 1.29 is 14.0 Å². The molecule has 1 N–H and O–H groups in total. The first-order chi connectivity index (χ1) is 10.8. The number of hydrogen-bond donors (Lipinski definition) is 1. The minimum Gasteiger partial charge on any atom is -0.455 e. The Bertz CT molecular complexity index is 907. The van der Waals surface area contributed by atoms with Gasteiger partial charge < -0.3 is 4.42 Å². The lowest BCUT2D eigenvalue weighted by Gasteiger charge is -2.06. The predicted octanol–water partition coefficient (Wildman–Crippen LogP) is 3.55. The van der Waals surface area contributed by atoms with Crippen molar-refractivity contribution in [2.45, 2.75) is 20.8 Å². The fourth-order valence-electron chi connectivity index (χ4n) is 1.95. The number of carbonyl (C=O) groups excluding carboxylic acids is 2. The van der Waals surface area contributed by atoms with E-state index in [1.807, 2.05) is 20.8 Å². The number of furan rings is 1. The molecule has 5 nitrogen and oxygen atoms in total. The first-order valence-electron chi connectivity index (χ1n) is 6.97. The van der Waals surface area contributed by atoms with E-state index in [4.69, 9.17) is 4.42 Å². The largest absolute Gasteiger partial charge is 0.455 e. The van der Waals surface area contributed by atoms with E-state index in [0.717, 1.165) is 17.1 Å². The van der Waals surface area contributed by atoms with Crippen LogP contribution in [-0.2, 0) is 4.79 Å². The SMILES string of the molecule is CC(C)(C)C#Cc1cncc2cc(/C=C3\SC(=O)NC3=O)oc12. The molecular weight excluding hydrogens is 312 g/mol. The van der Waals surface area contributed by atoms with E-state index in [1.54, 1.807) is 24.5 Å². The van der Waals surface area contributed by atoms with Gasteiger partial charge in [0.15, 0.2) is 5.58 Å². The third kappa shape index (κ3) is 3.46.